The molecule has 1 unspecified atom stereocenters. The van der Waals surface area contributed by atoms with Gasteiger partial charge in [-0.2, -0.15) is 0 Å². The molecule has 1 N–H and O–H groups in total. The van der Waals surface area contributed by atoms with E-state index in [1.54, 1.807) is 55.5 Å². The number of carbonyl (C=O) groups excluding carboxylic acids is 2. The van der Waals surface area contributed by atoms with Crippen LogP contribution in [0.1, 0.15) is 23.1 Å². The van der Waals surface area contributed by atoms with Crippen LogP contribution in [0.3, 0.4) is 0 Å². The summed E-state index contributed by atoms with van der Waals surface area (Å²) in [6.45, 7) is 1.90. The van der Waals surface area contributed by atoms with Crippen LogP contribution in [0.25, 0.3) is 5.76 Å². The molecule has 0 saturated carbocycles. The number of nitrogens with zero attached hydrogens (tertiary/aromatic N) is 1. The molecule has 1 amide bonds. The molecule has 166 valence electrons. The average molecular weight is 447 g/mol. The van der Waals surface area contributed by atoms with Crippen molar-refractivity contribution in [3.05, 3.63) is 71.2 Å². The van der Waals surface area contributed by atoms with E-state index in [0.29, 0.717) is 45.8 Å². The highest BCUT2D eigenvalue weighted by Crippen LogP contribution is 2.46. The van der Waals surface area contributed by atoms with E-state index in [1.807, 2.05) is 0 Å². The SMILES string of the molecule is Cc1ccc(C2/C(=C(/O)c3ccc4c(c3)OCO4)C(=O)C(=O)N2c2ccc3c(c2)OCO3)o1. The third kappa shape index (κ3) is 2.93. The number of fused-ring (bicyclic) bond motifs is 2. The fourth-order valence-corrected chi connectivity index (χ4v) is 4.20. The monoisotopic (exact) mass is 447 g/mol. The summed E-state index contributed by atoms with van der Waals surface area (Å²) in [5.41, 5.74) is 0.632. The number of Topliss-reactive ketones (excluding diaryl/α,β-unsaturated/α-hetero) is 1. The number of hydrogen-bond donors (Lipinski definition) is 1. The van der Waals surface area contributed by atoms with Gasteiger partial charge in [-0.15, -0.1) is 0 Å². The van der Waals surface area contributed by atoms with Gasteiger partial charge in [0.2, 0.25) is 13.6 Å². The lowest BCUT2D eigenvalue weighted by Crippen LogP contribution is -2.29. The van der Waals surface area contributed by atoms with E-state index in [1.165, 1.54) is 4.90 Å². The lowest BCUT2D eigenvalue weighted by molar-refractivity contribution is -0.132. The van der Waals surface area contributed by atoms with Crippen LogP contribution in [0.2, 0.25) is 0 Å². The first kappa shape index (κ1) is 19.3. The molecule has 1 atom stereocenters. The van der Waals surface area contributed by atoms with Gasteiger partial charge in [-0.05, 0) is 49.4 Å². The summed E-state index contributed by atoms with van der Waals surface area (Å²) in [7, 11) is 0. The van der Waals surface area contributed by atoms with Gasteiger partial charge in [0.15, 0.2) is 23.0 Å². The van der Waals surface area contributed by atoms with Gasteiger partial charge < -0.3 is 28.5 Å². The number of carbonyl (C=O) groups is 2. The molecule has 0 bridgehead atoms. The van der Waals surface area contributed by atoms with E-state index in [-0.39, 0.29) is 24.9 Å². The van der Waals surface area contributed by atoms with Crippen LogP contribution in [0, 0.1) is 6.92 Å². The Morgan fingerprint density at radius 3 is 2.24 bits per heavy atom. The summed E-state index contributed by atoms with van der Waals surface area (Å²) in [6.07, 6.45) is 0. The molecule has 3 aliphatic rings. The fourth-order valence-electron chi connectivity index (χ4n) is 4.20. The number of amides is 1. The standard InChI is InChI=1S/C24H17NO8/c1-12-2-5-17(33-12)21-20(22(26)13-3-6-15-18(8-13)31-10-29-15)23(27)24(28)25(21)14-4-7-16-19(9-14)32-11-30-16/h2-9,21,26H,10-11H2,1H3/b22-20-. The van der Waals surface area contributed by atoms with E-state index in [0.717, 1.165) is 0 Å². The Morgan fingerprint density at radius 2 is 1.55 bits per heavy atom. The van der Waals surface area contributed by atoms with Crippen LogP contribution < -0.4 is 23.8 Å². The molecular weight excluding hydrogens is 430 g/mol. The van der Waals surface area contributed by atoms with Crippen LogP contribution in [0.15, 0.2) is 58.5 Å². The Kier molecular flexibility index (Phi) is 4.13. The van der Waals surface area contributed by atoms with Gasteiger partial charge in [0, 0.05) is 17.3 Å². The number of furan rings is 1. The average Bonchev–Trinajstić information content (AvgIpc) is 3.60. The van der Waals surface area contributed by atoms with Crippen LogP contribution in [0.5, 0.6) is 23.0 Å². The van der Waals surface area contributed by atoms with E-state index in [2.05, 4.69) is 0 Å². The Bertz CT molecular complexity index is 1350. The largest absolute Gasteiger partial charge is 0.507 e. The fraction of sp³-hybridized carbons (Fsp3) is 0.167. The molecule has 9 nitrogen and oxygen atoms in total. The molecule has 9 heteroatoms. The highest BCUT2D eigenvalue weighted by molar-refractivity contribution is 6.51. The molecule has 0 aliphatic carbocycles. The zero-order chi connectivity index (χ0) is 22.7. The third-order valence-corrected chi connectivity index (χ3v) is 5.76. The van der Waals surface area contributed by atoms with Crippen molar-refractivity contribution in [2.75, 3.05) is 18.5 Å². The molecule has 6 rings (SSSR count). The van der Waals surface area contributed by atoms with Crippen molar-refractivity contribution >= 4 is 23.1 Å². The second-order valence-electron chi connectivity index (χ2n) is 7.72. The highest BCUT2D eigenvalue weighted by atomic mass is 16.7. The zero-order valence-electron chi connectivity index (χ0n) is 17.4. The minimum Gasteiger partial charge on any atom is -0.507 e. The van der Waals surface area contributed by atoms with E-state index in [4.69, 9.17) is 23.4 Å². The summed E-state index contributed by atoms with van der Waals surface area (Å²) in [6, 6.07) is 12.2. The van der Waals surface area contributed by atoms with Crippen molar-refractivity contribution in [1.29, 1.82) is 0 Å². The van der Waals surface area contributed by atoms with Crippen molar-refractivity contribution < 1.29 is 38.1 Å². The number of benzene rings is 2. The maximum Gasteiger partial charge on any atom is 0.300 e. The number of rotatable bonds is 3. The second-order valence-corrected chi connectivity index (χ2v) is 7.72. The van der Waals surface area contributed by atoms with E-state index in [9.17, 15) is 14.7 Å². The molecule has 1 saturated heterocycles. The number of hydrogen-bond acceptors (Lipinski definition) is 8. The normalized spacial score (nSPS) is 20.0. The molecule has 3 aromatic rings. The minimum atomic E-state index is -0.982. The molecule has 0 radical (unpaired) electrons. The van der Waals surface area contributed by atoms with Gasteiger partial charge in [-0.25, -0.2) is 0 Å². The maximum absolute atomic E-state index is 13.2. The molecule has 3 aliphatic heterocycles. The number of aryl methyl sites for hydroxylation is 1. The molecule has 33 heavy (non-hydrogen) atoms. The third-order valence-electron chi connectivity index (χ3n) is 5.76. The predicted octanol–water partition coefficient (Wildman–Crippen LogP) is 3.67. The molecule has 1 fully saturated rings. The van der Waals surface area contributed by atoms with Gasteiger partial charge in [0.25, 0.3) is 11.7 Å². The summed E-state index contributed by atoms with van der Waals surface area (Å²) in [4.78, 5) is 27.7. The highest BCUT2D eigenvalue weighted by Gasteiger charge is 2.48. The van der Waals surface area contributed by atoms with Crippen LogP contribution in [-0.4, -0.2) is 30.4 Å². The Hall–Kier alpha value is -4.40. The lowest BCUT2D eigenvalue weighted by Gasteiger charge is -2.23. The van der Waals surface area contributed by atoms with Crippen LogP contribution in [-0.2, 0) is 9.59 Å². The zero-order valence-corrected chi connectivity index (χ0v) is 17.4. The summed E-state index contributed by atoms with van der Waals surface area (Å²) >= 11 is 0. The molecule has 4 heterocycles. The van der Waals surface area contributed by atoms with Crippen molar-refractivity contribution in [3.8, 4) is 23.0 Å². The minimum absolute atomic E-state index is 0.0692. The van der Waals surface area contributed by atoms with Gasteiger partial charge in [-0.3, -0.25) is 14.5 Å². The smallest absolute Gasteiger partial charge is 0.300 e. The van der Waals surface area contributed by atoms with Gasteiger partial charge in [-0.1, -0.05) is 0 Å². The number of aliphatic hydroxyl groups excluding tert-OH is 1. The molecular formula is C24H17NO8. The first-order valence-corrected chi connectivity index (χ1v) is 10.2. The van der Waals surface area contributed by atoms with Crippen LogP contribution >= 0.6 is 0 Å². The van der Waals surface area contributed by atoms with Crippen molar-refractivity contribution in [2.24, 2.45) is 0 Å². The number of anilines is 1. The number of ether oxygens (including phenoxy) is 4. The number of aliphatic hydroxyl groups is 1. The number of ketones is 1. The summed E-state index contributed by atoms with van der Waals surface area (Å²) < 4.78 is 27.3. The van der Waals surface area contributed by atoms with Crippen LogP contribution in [0.4, 0.5) is 5.69 Å². The van der Waals surface area contributed by atoms with E-state index >= 15 is 0 Å². The Morgan fingerprint density at radius 1 is 0.879 bits per heavy atom. The summed E-state index contributed by atoms with van der Waals surface area (Å²) in [5, 5.41) is 11.2. The molecule has 2 aromatic carbocycles. The first-order chi connectivity index (χ1) is 16.0. The van der Waals surface area contributed by atoms with E-state index < -0.39 is 17.7 Å². The topological polar surface area (TPSA) is 108 Å². The predicted molar refractivity (Wildman–Crippen MR) is 113 cm³/mol. The van der Waals surface area contributed by atoms with Gasteiger partial charge >= 0.3 is 0 Å². The lowest BCUT2D eigenvalue weighted by atomic mass is 9.99. The Balaban J connectivity index is 1.52. The van der Waals surface area contributed by atoms with Gasteiger partial charge in [0.05, 0.1) is 5.57 Å². The second kappa shape index (κ2) is 7.06. The quantitative estimate of drug-likeness (QED) is 0.368. The van der Waals surface area contributed by atoms with Gasteiger partial charge in [0.1, 0.15) is 23.3 Å². The van der Waals surface area contributed by atoms with Crippen molar-refractivity contribution in [2.45, 2.75) is 13.0 Å². The molecule has 1 aromatic heterocycles. The summed E-state index contributed by atoms with van der Waals surface area (Å²) in [5.74, 6) is 0.947. The first-order valence-electron chi connectivity index (χ1n) is 10.2. The molecule has 0 spiro atoms. The Labute approximate surface area is 187 Å². The van der Waals surface area contributed by atoms with Crippen molar-refractivity contribution in [1.82, 2.24) is 0 Å². The van der Waals surface area contributed by atoms with Crippen molar-refractivity contribution in [3.63, 3.8) is 0 Å². The maximum atomic E-state index is 13.2.